The zero-order valence-corrected chi connectivity index (χ0v) is 24.5. The summed E-state index contributed by atoms with van der Waals surface area (Å²) in [4.78, 5) is 39.6. The van der Waals surface area contributed by atoms with E-state index in [0.717, 1.165) is 21.6 Å². The zero-order chi connectivity index (χ0) is 28.5. The van der Waals surface area contributed by atoms with E-state index in [2.05, 4.69) is 5.32 Å². The number of hydrogen-bond acceptors (Lipinski definition) is 7. The summed E-state index contributed by atoms with van der Waals surface area (Å²) >= 11 is 1.90. The van der Waals surface area contributed by atoms with Gasteiger partial charge in [-0.3, -0.25) is 14.9 Å². The number of amides is 4. The summed E-state index contributed by atoms with van der Waals surface area (Å²) in [6, 6.07) is 13.6. The van der Waals surface area contributed by atoms with Gasteiger partial charge in [-0.15, -0.1) is 0 Å². The van der Waals surface area contributed by atoms with Crippen LogP contribution in [0.15, 0.2) is 65.1 Å². The van der Waals surface area contributed by atoms with Crippen molar-refractivity contribution in [2.45, 2.75) is 32.6 Å². The minimum Gasteiger partial charge on any atom is -0.490 e. The fourth-order valence-electron chi connectivity index (χ4n) is 3.90. The van der Waals surface area contributed by atoms with Crippen LogP contribution in [0.3, 0.4) is 0 Å². The molecule has 0 atom stereocenters. The molecule has 0 saturated carbocycles. The Hall–Kier alpha value is -3.71. The Kier molecular flexibility index (Phi) is 8.12. The van der Waals surface area contributed by atoms with E-state index >= 15 is 0 Å². The molecule has 0 aromatic heterocycles. The van der Waals surface area contributed by atoms with E-state index < -0.39 is 28.0 Å². The number of nitrogens with zero attached hydrogens (tertiary/aromatic N) is 1. The molecule has 4 rings (SSSR count). The molecule has 0 aliphatic carbocycles. The molecule has 11 heteroatoms. The normalized spacial score (nSPS) is 14.9. The van der Waals surface area contributed by atoms with Crippen molar-refractivity contribution in [3.63, 3.8) is 0 Å². The number of hydrogen-bond donors (Lipinski definition) is 1. The van der Waals surface area contributed by atoms with Gasteiger partial charge < -0.3 is 8.92 Å². The first-order valence-corrected chi connectivity index (χ1v) is 14.4. The molecule has 1 aliphatic rings. The topological polar surface area (TPSA) is 119 Å². The minimum atomic E-state index is -4.17. The van der Waals surface area contributed by atoms with Gasteiger partial charge in [0.05, 0.1) is 15.9 Å². The van der Waals surface area contributed by atoms with Gasteiger partial charge in [0.25, 0.3) is 11.8 Å². The molecule has 1 N–H and O–H groups in total. The zero-order valence-electron chi connectivity index (χ0n) is 21.6. The van der Waals surface area contributed by atoms with Gasteiger partial charge in [0.1, 0.15) is 10.5 Å². The van der Waals surface area contributed by atoms with E-state index in [1.54, 1.807) is 44.2 Å². The van der Waals surface area contributed by atoms with Crippen molar-refractivity contribution in [2.75, 3.05) is 11.5 Å². The first-order valence-electron chi connectivity index (χ1n) is 11.9. The molecule has 1 aliphatic heterocycles. The molecule has 3 aromatic rings. The summed E-state index contributed by atoms with van der Waals surface area (Å²) in [5.74, 6) is -1.54. The number of halogens is 1. The standard InChI is InChI=1S/C28H25IN2O7S/c1-5-37-24-15-19(14-22(29)25(24)38-39(35,36)20-11-9-16(2)10-12-20)13-21-26(32)30-28(34)31(27(21)33)23-8-6-7-17(3)18(23)4/h6-15H,5H2,1-4H3,(H,30,32,34)/b21-13+. The van der Waals surface area contributed by atoms with Crippen molar-refractivity contribution in [3.8, 4) is 11.5 Å². The highest BCUT2D eigenvalue weighted by Gasteiger charge is 2.37. The number of nitrogens with one attached hydrogen (secondary N) is 1. The molecule has 0 spiro atoms. The van der Waals surface area contributed by atoms with Crippen molar-refractivity contribution >= 4 is 62.3 Å². The van der Waals surface area contributed by atoms with Crippen LogP contribution in [0.4, 0.5) is 10.5 Å². The third-order valence-electron chi connectivity index (χ3n) is 6.06. The third kappa shape index (κ3) is 5.83. The van der Waals surface area contributed by atoms with Crippen LogP contribution in [0.2, 0.25) is 0 Å². The molecule has 4 amide bonds. The number of anilines is 1. The highest BCUT2D eigenvalue weighted by molar-refractivity contribution is 14.1. The first-order chi connectivity index (χ1) is 18.4. The summed E-state index contributed by atoms with van der Waals surface area (Å²) in [7, 11) is -4.17. The molecule has 1 heterocycles. The summed E-state index contributed by atoms with van der Waals surface area (Å²) in [5, 5.41) is 2.22. The molecule has 3 aromatic carbocycles. The largest absolute Gasteiger partial charge is 0.490 e. The van der Waals surface area contributed by atoms with Crippen LogP contribution in [-0.4, -0.2) is 32.9 Å². The maximum Gasteiger partial charge on any atom is 0.339 e. The molecule has 39 heavy (non-hydrogen) atoms. The molecular formula is C28H25IN2O7S. The molecule has 202 valence electrons. The summed E-state index contributed by atoms with van der Waals surface area (Å²) in [5.41, 5.74) is 2.97. The Morgan fingerprint density at radius 1 is 1.00 bits per heavy atom. The SMILES string of the molecule is CCOc1cc(/C=C2\C(=O)NC(=O)N(c3cccc(C)c3C)C2=O)cc(I)c1OS(=O)(=O)c1ccc(C)cc1. The maximum absolute atomic E-state index is 13.4. The Labute approximate surface area is 240 Å². The minimum absolute atomic E-state index is 0.0155. The molecule has 0 unspecified atom stereocenters. The molecule has 1 saturated heterocycles. The second-order valence-electron chi connectivity index (χ2n) is 8.79. The summed E-state index contributed by atoms with van der Waals surface area (Å²) in [6.45, 7) is 7.40. The monoisotopic (exact) mass is 660 g/mol. The number of urea groups is 1. The Bertz CT molecular complexity index is 1630. The van der Waals surface area contributed by atoms with E-state index in [4.69, 9.17) is 8.92 Å². The van der Waals surface area contributed by atoms with Gasteiger partial charge in [0.2, 0.25) is 0 Å². The van der Waals surface area contributed by atoms with Gasteiger partial charge in [0.15, 0.2) is 11.5 Å². The average molecular weight is 660 g/mol. The van der Waals surface area contributed by atoms with Gasteiger partial charge >= 0.3 is 16.1 Å². The number of rotatable bonds is 7. The Morgan fingerprint density at radius 3 is 2.36 bits per heavy atom. The van der Waals surface area contributed by atoms with Gasteiger partial charge in [-0.25, -0.2) is 9.69 Å². The summed E-state index contributed by atoms with van der Waals surface area (Å²) in [6.07, 6.45) is 1.32. The van der Waals surface area contributed by atoms with Crippen molar-refractivity contribution in [2.24, 2.45) is 0 Å². The van der Waals surface area contributed by atoms with Crippen molar-refractivity contribution < 1.29 is 31.7 Å². The Morgan fingerprint density at radius 2 is 1.69 bits per heavy atom. The van der Waals surface area contributed by atoms with Crippen molar-refractivity contribution in [3.05, 3.63) is 86.0 Å². The predicted molar refractivity (Wildman–Crippen MR) is 154 cm³/mol. The van der Waals surface area contributed by atoms with Crippen molar-refractivity contribution in [1.82, 2.24) is 5.32 Å². The number of carbonyl (C=O) groups excluding carboxylic acids is 3. The average Bonchev–Trinajstić information content (AvgIpc) is 2.87. The van der Waals surface area contributed by atoms with Crippen LogP contribution in [-0.2, 0) is 19.7 Å². The molecular weight excluding hydrogens is 635 g/mol. The number of imide groups is 2. The van der Waals surface area contributed by atoms with Crippen LogP contribution in [0.5, 0.6) is 11.5 Å². The third-order valence-corrected chi connectivity index (χ3v) is 8.10. The van der Waals surface area contributed by atoms with Gasteiger partial charge in [0, 0.05) is 0 Å². The first kappa shape index (κ1) is 28.3. The van der Waals surface area contributed by atoms with E-state index in [0.29, 0.717) is 14.8 Å². The van der Waals surface area contributed by atoms with E-state index in [1.807, 2.05) is 42.5 Å². The second-order valence-corrected chi connectivity index (χ2v) is 11.5. The number of benzene rings is 3. The van der Waals surface area contributed by atoms with Gasteiger partial charge in [-0.05, 0) is 103 Å². The van der Waals surface area contributed by atoms with Crippen molar-refractivity contribution in [1.29, 1.82) is 0 Å². The number of carbonyl (C=O) groups is 3. The maximum atomic E-state index is 13.4. The number of barbiturate groups is 1. The fourth-order valence-corrected chi connectivity index (χ4v) is 5.74. The lowest BCUT2D eigenvalue weighted by Gasteiger charge is -2.28. The fraction of sp³-hybridized carbons (Fsp3) is 0.179. The molecule has 0 radical (unpaired) electrons. The van der Waals surface area contributed by atoms with Crippen LogP contribution in [0.25, 0.3) is 6.08 Å². The van der Waals surface area contributed by atoms with Crippen LogP contribution < -0.4 is 19.1 Å². The summed E-state index contributed by atoms with van der Waals surface area (Å²) < 4.78 is 37.4. The van der Waals surface area contributed by atoms with E-state index in [-0.39, 0.29) is 28.6 Å². The van der Waals surface area contributed by atoms with Crippen LogP contribution >= 0.6 is 22.6 Å². The van der Waals surface area contributed by atoms with Gasteiger partial charge in [-0.1, -0.05) is 29.8 Å². The molecule has 1 fully saturated rings. The van der Waals surface area contributed by atoms with Crippen LogP contribution in [0, 0.1) is 24.3 Å². The highest BCUT2D eigenvalue weighted by Crippen LogP contribution is 2.37. The number of ether oxygens (including phenoxy) is 1. The van der Waals surface area contributed by atoms with Crippen LogP contribution in [0.1, 0.15) is 29.2 Å². The second kappa shape index (κ2) is 11.2. The quantitative estimate of drug-likeness (QED) is 0.163. The predicted octanol–water partition coefficient (Wildman–Crippen LogP) is 5.05. The smallest absolute Gasteiger partial charge is 0.339 e. The lowest BCUT2D eigenvalue weighted by molar-refractivity contribution is -0.122. The lowest BCUT2D eigenvalue weighted by Crippen LogP contribution is -2.54. The lowest BCUT2D eigenvalue weighted by atomic mass is 10.0. The molecule has 0 bridgehead atoms. The van der Waals surface area contributed by atoms with E-state index in [9.17, 15) is 22.8 Å². The van der Waals surface area contributed by atoms with E-state index in [1.165, 1.54) is 24.3 Å². The number of aryl methyl sites for hydroxylation is 2. The Balaban J connectivity index is 1.74. The van der Waals surface area contributed by atoms with Gasteiger partial charge in [-0.2, -0.15) is 8.42 Å². The molecule has 9 nitrogen and oxygen atoms in total. The highest BCUT2D eigenvalue weighted by atomic mass is 127.